The Morgan fingerprint density at radius 1 is 0.955 bits per heavy atom. The van der Waals surface area contributed by atoms with E-state index in [4.69, 9.17) is 14.2 Å². The SMILES string of the molecule is COC1C(O[C@@H]2C=C3[C@H](O)C[C@]4(O)C(CC[C@@]5(C)C4[C@@H](O)[C@H](O)[C@@H]5[C@H](C)CC[C@@H](C)[C@H](C)CO)[C@@]3(C)CC2)OCC(O)C1O. The molecule has 1 heterocycles. The first-order valence-corrected chi connectivity index (χ1v) is 16.9. The summed E-state index contributed by atoms with van der Waals surface area (Å²) >= 11 is 0. The number of hydrogen-bond donors (Lipinski definition) is 7. The van der Waals surface area contributed by atoms with Crippen LogP contribution < -0.4 is 0 Å². The predicted molar refractivity (Wildman–Crippen MR) is 162 cm³/mol. The number of hydrogen-bond acceptors (Lipinski definition) is 10. The topological polar surface area (TPSA) is 169 Å². The molecule has 0 aromatic heterocycles. The first-order chi connectivity index (χ1) is 20.6. The Kier molecular flexibility index (Phi) is 10.0. The van der Waals surface area contributed by atoms with Gasteiger partial charge in [0.05, 0.1) is 36.6 Å². The van der Waals surface area contributed by atoms with E-state index in [-0.39, 0.29) is 43.3 Å². The van der Waals surface area contributed by atoms with E-state index in [1.165, 1.54) is 7.11 Å². The Bertz CT molecular complexity index is 1040. The second kappa shape index (κ2) is 12.7. The number of aliphatic hydroxyl groups is 7. The van der Waals surface area contributed by atoms with Crippen LogP contribution >= 0.6 is 0 Å². The molecular formula is C34H58O10. The minimum atomic E-state index is -1.35. The molecule has 17 atom stereocenters. The zero-order chi connectivity index (χ0) is 32.4. The number of methoxy groups -OCH3 is 1. The summed E-state index contributed by atoms with van der Waals surface area (Å²) in [6.45, 7) is 10.6. The molecule has 44 heavy (non-hydrogen) atoms. The Hall–Kier alpha value is -0.660. The van der Waals surface area contributed by atoms with Gasteiger partial charge in [0.25, 0.3) is 0 Å². The van der Waals surface area contributed by atoms with Gasteiger partial charge in [-0.25, -0.2) is 0 Å². The highest BCUT2D eigenvalue weighted by Crippen LogP contribution is 2.69. The normalized spacial score (nSPS) is 51.0. The highest BCUT2D eigenvalue weighted by atomic mass is 16.7. The van der Waals surface area contributed by atoms with E-state index in [1.807, 2.05) is 13.0 Å². The molecule has 5 rings (SSSR count). The van der Waals surface area contributed by atoms with Crippen molar-refractivity contribution in [2.45, 2.75) is 134 Å². The molecule has 3 saturated carbocycles. The second-order valence-electron chi connectivity index (χ2n) is 15.7. The summed E-state index contributed by atoms with van der Waals surface area (Å²) < 4.78 is 17.3. The summed E-state index contributed by atoms with van der Waals surface area (Å²) in [6.07, 6.45) is -0.804. The molecule has 0 bridgehead atoms. The van der Waals surface area contributed by atoms with Gasteiger partial charge in [0, 0.05) is 26.1 Å². The maximum Gasteiger partial charge on any atom is 0.187 e. The molecule has 4 fully saturated rings. The largest absolute Gasteiger partial charge is 0.396 e. The van der Waals surface area contributed by atoms with Crippen LogP contribution in [0.25, 0.3) is 0 Å². The van der Waals surface area contributed by atoms with Gasteiger partial charge in [0.1, 0.15) is 18.3 Å². The van der Waals surface area contributed by atoms with E-state index in [0.29, 0.717) is 18.8 Å². The molecule has 10 heteroatoms. The molecule has 254 valence electrons. The molecule has 0 spiro atoms. The van der Waals surface area contributed by atoms with Crippen LogP contribution in [-0.2, 0) is 14.2 Å². The van der Waals surface area contributed by atoms with Gasteiger partial charge in [-0.2, -0.15) is 0 Å². The zero-order valence-corrected chi connectivity index (χ0v) is 27.4. The Morgan fingerprint density at radius 3 is 2.32 bits per heavy atom. The third kappa shape index (κ3) is 5.53. The van der Waals surface area contributed by atoms with Crippen molar-refractivity contribution in [1.82, 2.24) is 0 Å². The molecule has 0 aromatic carbocycles. The minimum Gasteiger partial charge on any atom is -0.396 e. The number of aliphatic hydroxyl groups excluding tert-OH is 6. The molecule has 1 saturated heterocycles. The fourth-order valence-corrected chi connectivity index (χ4v) is 10.6. The highest BCUT2D eigenvalue weighted by molar-refractivity contribution is 5.33. The van der Waals surface area contributed by atoms with Crippen LogP contribution in [0.15, 0.2) is 11.6 Å². The molecule has 0 amide bonds. The Labute approximate surface area is 262 Å². The molecule has 1 aliphatic heterocycles. The third-order valence-corrected chi connectivity index (χ3v) is 13.2. The Morgan fingerprint density at radius 2 is 1.66 bits per heavy atom. The maximum atomic E-state index is 12.7. The highest BCUT2D eigenvalue weighted by Gasteiger charge is 2.72. The molecule has 0 radical (unpaired) electrons. The predicted octanol–water partition coefficient (Wildman–Crippen LogP) is 1.75. The standard InChI is InChI=1S/C34H58O10/c1-17(19(3)15-35)7-8-18(2)25-27(39)28(40)30-33(25,5)12-10-24-32(4)11-9-20(13-21(32)22(36)14-34(24,30)41)44-31-29(42-6)26(38)23(37)16-43-31/h13,17-20,22-31,35-41H,7-12,14-16H2,1-6H3/t17-,18-,19-,20+,22-,23?,24?,25+,26?,27-,28+,29?,30?,31?,32+,33-,34+/m1/s1. The van der Waals surface area contributed by atoms with E-state index in [2.05, 4.69) is 27.7 Å². The van der Waals surface area contributed by atoms with Crippen molar-refractivity contribution in [3.8, 4) is 0 Å². The molecule has 10 nitrogen and oxygen atoms in total. The lowest BCUT2D eigenvalue weighted by Crippen LogP contribution is -2.66. The van der Waals surface area contributed by atoms with Gasteiger partial charge in [-0.3, -0.25) is 0 Å². The van der Waals surface area contributed by atoms with Crippen molar-refractivity contribution in [3.05, 3.63) is 11.6 Å². The van der Waals surface area contributed by atoms with E-state index < -0.39 is 71.4 Å². The van der Waals surface area contributed by atoms with E-state index >= 15 is 0 Å². The number of ether oxygens (including phenoxy) is 3. The Balaban J connectivity index is 1.36. The van der Waals surface area contributed by atoms with E-state index in [0.717, 1.165) is 31.3 Å². The average Bonchev–Trinajstić information content (AvgIpc) is 3.18. The molecule has 0 aromatic rings. The van der Waals surface area contributed by atoms with Crippen molar-refractivity contribution < 1.29 is 50.0 Å². The summed E-state index contributed by atoms with van der Waals surface area (Å²) in [5.74, 6) is -0.309. The molecule has 4 aliphatic carbocycles. The van der Waals surface area contributed by atoms with Crippen LogP contribution in [0.2, 0.25) is 0 Å². The monoisotopic (exact) mass is 626 g/mol. The summed E-state index contributed by atoms with van der Waals surface area (Å²) in [7, 11) is 1.43. The van der Waals surface area contributed by atoms with Gasteiger partial charge < -0.3 is 50.0 Å². The molecule has 6 unspecified atom stereocenters. The van der Waals surface area contributed by atoms with Crippen molar-refractivity contribution in [2.75, 3.05) is 20.3 Å². The van der Waals surface area contributed by atoms with Crippen LogP contribution in [0.1, 0.15) is 79.6 Å². The van der Waals surface area contributed by atoms with E-state index in [1.54, 1.807) is 0 Å². The van der Waals surface area contributed by atoms with Gasteiger partial charge in [0.15, 0.2) is 6.29 Å². The fraction of sp³-hybridized carbons (Fsp3) is 0.941. The van der Waals surface area contributed by atoms with Gasteiger partial charge in [-0.1, -0.05) is 53.5 Å². The van der Waals surface area contributed by atoms with Crippen molar-refractivity contribution in [3.63, 3.8) is 0 Å². The van der Waals surface area contributed by atoms with Crippen molar-refractivity contribution >= 4 is 0 Å². The third-order valence-electron chi connectivity index (χ3n) is 13.2. The quantitative estimate of drug-likeness (QED) is 0.187. The van der Waals surface area contributed by atoms with Crippen molar-refractivity contribution in [2.24, 2.45) is 46.3 Å². The lowest BCUT2D eigenvalue weighted by atomic mass is 9.43. The molecule has 7 N–H and O–H groups in total. The van der Waals surface area contributed by atoms with Gasteiger partial charge in [-0.15, -0.1) is 0 Å². The summed E-state index contributed by atoms with van der Waals surface area (Å²) in [4.78, 5) is 0. The molecule has 5 aliphatic rings. The fourth-order valence-electron chi connectivity index (χ4n) is 10.6. The number of rotatable bonds is 9. The lowest BCUT2D eigenvalue weighted by molar-refractivity contribution is -0.285. The zero-order valence-electron chi connectivity index (χ0n) is 27.4. The van der Waals surface area contributed by atoms with Crippen molar-refractivity contribution in [1.29, 1.82) is 0 Å². The summed E-state index contributed by atoms with van der Waals surface area (Å²) in [6, 6.07) is 0. The summed E-state index contributed by atoms with van der Waals surface area (Å²) in [5, 5.41) is 77.4. The first kappa shape index (κ1) is 34.7. The van der Waals surface area contributed by atoms with Gasteiger partial charge >= 0.3 is 0 Å². The van der Waals surface area contributed by atoms with Crippen LogP contribution in [-0.4, -0.2) is 111 Å². The van der Waals surface area contributed by atoms with Crippen LogP contribution in [0.3, 0.4) is 0 Å². The van der Waals surface area contributed by atoms with E-state index in [9.17, 15) is 35.7 Å². The van der Waals surface area contributed by atoms with Gasteiger partial charge in [-0.05, 0) is 71.7 Å². The van der Waals surface area contributed by atoms with Crippen LogP contribution in [0.4, 0.5) is 0 Å². The van der Waals surface area contributed by atoms with Crippen LogP contribution in [0.5, 0.6) is 0 Å². The van der Waals surface area contributed by atoms with Gasteiger partial charge in [0.2, 0.25) is 0 Å². The lowest BCUT2D eigenvalue weighted by Gasteiger charge is -2.64. The summed E-state index contributed by atoms with van der Waals surface area (Å²) in [5.41, 5.74) is -1.55. The maximum absolute atomic E-state index is 12.7. The molecular weight excluding hydrogens is 568 g/mol. The second-order valence-corrected chi connectivity index (χ2v) is 15.7. The smallest absolute Gasteiger partial charge is 0.187 e. The number of fused-ring (bicyclic) bond motifs is 5. The van der Waals surface area contributed by atoms with Crippen LogP contribution in [0, 0.1) is 46.3 Å². The first-order valence-electron chi connectivity index (χ1n) is 16.9. The minimum absolute atomic E-state index is 0.0703. The average molecular weight is 627 g/mol.